The van der Waals surface area contributed by atoms with E-state index in [0.717, 1.165) is 62.5 Å². The van der Waals surface area contributed by atoms with Gasteiger partial charge in [-0.15, -0.1) is 0 Å². The highest BCUT2D eigenvalue weighted by molar-refractivity contribution is 8.26. The zero-order valence-electron chi connectivity index (χ0n) is 24.3. The molecule has 3 N–H and O–H groups in total. The second-order valence-electron chi connectivity index (χ2n) is 10.7. The van der Waals surface area contributed by atoms with Crippen molar-refractivity contribution in [1.29, 1.82) is 0 Å². The number of carbonyl (C=O) groups is 2. The molecule has 0 spiro atoms. The van der Waals surface area contributed by atoms with E-state index in [0.29, 0.717) is 21.4 Å². The number of rotatable bonds is 16. The number of thiocarbonyl (C=S) groups is 1. The molecule has 1 amide bonds. The number of thioether (sulfide) groups is 1. The predicted molar refractivity (Wildman–Crippen MR) is 175 cm³/mol. The van der Waals surface area contributed by atoms with Gasteiger partial charge in [0.25, 0.3) is 11.5 Å². The van der Waals surface area contributed by atoms with E-state index in [2.05, 4.69) is 10.3 Å². The minimum absolute atomic E-state index is 0.128. The number of nitrogens with one attached hydrogen (secondary N) is 1. The number of carbonyl (C=O) groups excluding carboxylic acids is 1. The van der Waals surface area contributed by atoms with Gasteiger partial charge < -0.3 is 15.5 Å². The molecule has 4 rings (SSSR count). The van der Waals surface area contributed by atoms with Crippen molar-refractivity contribution in [2.75, 3.05) is 18.4 Å². The second-order valence-corrected chi connectivity index (χ2v) is 12.4. The third-order valence-corrected chi connectivity index (χ3v) is 8.70. The Kier molecular flexibility index (Phi) is 11.9. The second kappa shape index (κ2) is 15.8. The fraction of sp³-hybridized carbons (Fsp3) is 0.406. The summed E-state index contributed by atoms with van der Waals surface area (Å²) in [5.74, 6) is -0.674. The number of pyridine rings is 1. The first-order valence-electron chi connectivity index (χ1n) is 14.7. The lowest BCUT2D eigenvalue weighted by Gasteiger charge is -2.15. The summed E-state index contributed by atoms with van der Waals surface area (Å²) in [7, 11) is 0. The van der Waals surface area contributed by atoms with Crippen molar-refractivity contribution >= 4 is 57.7 Å². The molecule has 11 heteroatoms. The molecule has 3 heterocycles. The maximum absolute atomic E-state index is 13.6. The highest BCUT2D eigenvalue weighted by Gasteiger charge is 2.32. The van der Waals surface area contributed by atoms with Crippen LogP contribution >= 0.6 is 24.0 Å². The number of fused-ring (bicyclic) bond motifs is 1. The van der Waals surface area contributed by atoms with Gasteiger partial charge in [0.05, 0.1) is 16.6 Å². The maximum atomic E-state index is 13.6. The van der Waals surface area contributed by atoms with Crippen molar-refractivity contribution in [3.8, 4) is 0 Å². The zero-order valence-corrected chi connectivity index (χ0v) is 26.0. The van der Waals surface area contributed by atoms with E-state index < -0.39 is 12.1 Å². The number of unbranched alkanes of at least 4 members (excludes halogenated alkanes) is 7. The summed E-state index contributed by atoms with van der Waals surface area (Å²) in [6.45, 7) is 2.54. The first-order valence-corrected chi connectivity index (χ1v) is 15.9. The number of hydrogen-bond donors (Lipinski definition) is 3. The van der Waals surface area contributed by atoms with Gasteiger partial charge in [0.2, 0.25) is 0 Å². The Bertz CT molecular complexity index is 1540. The topological polar surface area (TPSA) is 124 Å². The Balaban J connectivity index is 1.41. The van der Waals surface area contributed by atoms with Gasteiger partial charge in [0.15, 0.2) is 0 Å². The van der Waals surface area contributed by atoms with Crippen LogP contribution in [0.2, 0.25) is 0 Å². The number of aromatic nitrogens is 2. The summed E-state index contributed by atoms with van der Waals surface area (Å²) in [5.41, 5.74) is 2.00. The fourth-order valence-electron chi connectivity index (χ4n) is 4.94. The normalized spacial score (nSPS) is 15.0. The number of carboxylic acids is 1. The molecule has 228 valence electrons. The van der Waals surface area contributed by atoms with E-state index in [1.54, 1.807) is 23.2 Å². The number of nitrogens with zero attached hydrogens (tertiary/aromatic N) is 3. The van der Waals surface area contributed by atoms with Crippen LogP contribution in [-0.4, -0.2) is 53.8 Å². The van der Waals surface area contributed by atoms with Crippen molar-refractivity contribution < 1.29 is 19.8 Å². The van der Waals surface area contributed by atoms with Crippen LogP contribution in [0.25, 0.3) is 11.7 Å². The SMILES string of the molecule is Cc1ccc2nc(NCC(O)c3ccccc3)c(C=C3SC(=S)N(CCCCCCCCCCC(=O)O)C3=O)c(=O)n2c1. The molecule has 0 saturated carbocycles. The van der Waals surface area contributed by atoms with Crippen molar-refractivity contribution in [2.24, 2.45) is 0 Å². The molecule has 1 fully saturated rings. The number of aliphatic hydroxyl groups excluding tert-OH is 1. The number of carboxylic acid groups (broad SMARTS) is 1. The van der Waals surface area contributed by atoms with Gasteiger partial charge in [-0.1, -0.05) is 98.9 Å². The average molecular weight is 623 g/mol. The summed E-state index contributed by atoms with van der Waals surface area (Å²) in [4.78, 5) is 44.2. The molecule has 0 radical (unpaired) electrons. The maximum Gasteiger partial charge on any atom is 0.303 e. The van der Waals surface area contributed by atoms with Crippen molar-refractivity contribution in [3.05, 3.63) is 80.6 Å². The zero-order chi connectivity index (χ0) is 30.8. The number of amides is 1. The van der Waals surface area contributed by atoms with Crippen LogP contribution in [0.15, 0.2) is 58.4 Å². The lowest BCUT2D eigenvalue weighted by atomic mass is 10.1. The van der Waals surface area contributed by atoms with Gasteiger partial charge in [0, 0.05) is 25.7 Å². The molecule has 9 nitrogen and oxygen atoms in total. The van der Waals surface area contributed by atoms with Gasteiger partial charge in [-0.2, -0.15) is 0 Å². The molecule has 1 aliphatic heterocycles. The third-order valence-electron chi connectivity index (χ3n) is 7.32. The van der Waals surface area contributed by atoms with E-state index >= 15 is 0 Å². The highest BCUT2D eigenvalue weighted by Crippen LogP contribution is 2.33. The van der Waals surface area contributed by atoms with Gasteiger partial charge in [0.1, 0.15) is 15.8 Å². The molecule has 1 atom stereocenters. The Hall–Kier alpha value is -3.54. The molecule has 3 aromatic rings. The van der Waals surface area contributed by atoms with Crippen LogP contribution in [-0.2, 0) is 9.59 Å². The van der Waals surface area contributed by atoms with E-state index in [9.17, 15) is 19.5 Å². The molecule has 43 heavy (non-hydrogen) atoms. The highest BCUT2D eigenvalue weighted by atomic mass is 32.2. The molecule has 1 aliphatic rings. The fourth-order valence-corrected chi connectivity index (χ4v) is 6.23. The predicted octanol–water partition coefficient (Wildman–Crippen LogP) is 5.95. The number of benzene rings is 1. The van der Waals surface area contributed by atoms with Gasteiger partial charge in [-0.3, -0.25) is 23.7 Å². The van der Waals surface area contributed by atoms with Crippen LogP contribution in [0.5, 0.6) is 0 Å². The number of aliphatic hydroxyl groups is 1. The summed E-state index contributed by atoms with van der Waals surface area (Å²) in [5, 5.41) is 22.5. The molecular formula is C32H38N4O5S2. The minimum atomic E-state index is -0.817. The minimum Gasteiger partial charge on any atom is -0.481 e. The van der Waals surface area contributed by atoms with Crippen molar-refractivity contribution in [1.82, 2.24) is 14.3 Å². The van der Waals surface area contributed by atoms with Crippen LogP contribution < -0.4 is 10.9 Å². The first-order chi connectivity index (χ1) is 20.7. The van der Waals surface area contributed by atoms with Gasteiger partial charge >= 0.3 is 5.97 Å². The Morgan fingerprint density at radius 2 is 1.70 bits per heavy atom. The Labute approximate surface area is 261 Å². The van der Waals surface area contributed by atoms with E-state index in [1.165, 1.54) is 16.2 Å². The summed E-state index contributed by atoms with van der Waals surface area (Å²) >= 11 is 6.71. The summed E-state index contributed by atoms with van der Waals surface area (Å²) in [6.07, 6.45) is 10.4. The lowest BCUT2D eigenvalue weighted by molar-refractivity contribution is -0.137. The van der Waals surface area contributed by atoms with Crippen LogP contribution in [0.3, 0.4) is 0 Å². The van der Waals surface area contributed by atoms with E-state index in [1.807, 2.05) is 43.3 Å². The summed E-state index contributed by atoms with van der Waals surface area (Å²) in [6, 6.07) is 12.9. The van der Waals surface area contributed by atoms with Gasteiger partial charge in [-0.05, 0) is 43.0 Å². The molecule has 1 saturated heterocycles. The van der Waals surface area contributed by atoms with Gasteiger partial charge in [-0.25, -0.2) is 4.98 Å². The number of hydrogen-bond acceptors (Lipinski definition) is 8. The molecule has 1 aromatic carbocycles. The molecule has 2 aromatic heterocycles. The molecule has 0 aliphatic carbocycles. The largest absolute Gasteiger partial charge is 0.481 e. The standard InChI is InChI=1S/C32H38N4O5S2/c1-22-16-17-27-34-29(33-20-25(37)23-13-9-8-10-14-23)24(30(40)36(27)21-22)19-26-31(41)35(32(42)43-26)18-12-7-5-3-2-4-6-11-15-28(38)39/h8-10,13-14,16-17,19,21,25,33,37H,2-7,11-12,15,18,20H2,1H3,(H,38,39). The van der Waals surface area contributed by atoms with Crippen molar-refractivity contribution in [2.45, 2.75) is 70.8 Å². The quantitative estimate of drug-likeness (QED) is 0.101. The smallest absolute Gasteiger partial charge is 0.303 e. The van der Waals surface area contributed by atoms with Crippen LogP contribution in [0.4, 0.5) is 5.82 Å². The average Bonchev–Trinajstić information content (AvgIpc) is 3.26. The number of aryl methyl sites for hydroxylation is 1. The van der Waals surface area contributed by atoms with E-state index in [4.69, 9.17) is 17.3 Å². The lowest BCUT2D eigenvalue weighted by Crippen LogP contribution is -2.29. The molecule has 0 bridgehead atoms. The Morgan fingerprint density at radius 3 is 2.40 bits per heavy atom. The Morgan fingerprint density at radius 1 is 1.02 bits per heavy atom. The third kappa shape index (κ3) is 8.98. The molecule has 1 unspecified atom stereocenters. The van der Waals surface area contributed by atoms with Crippen molar-refractivity contribution in [3.63, 3.8) is 0 Å². The number of anilines is 1. The molecular weight excluding hydrogens is 585 g/mol. The van der Waals surface area contributed by atoms with E-state index in [-0.39, 0.29) is 35.8 Å². The summed E-state index contributed by atoms with van der Waals surface area (Å²) < 4.78 is 1.93. The van der Waals surface area contributed by atoms with Crippen LogP contribution in [0.1, 0.15) is 80.6 Å². The first kappa shape index (κ1) is 32.4. The van der Waals surface area contributed by atoms with Crippen LogP contribution in [0, 0.1) is 6.92 Å². The number of aliphatic carboxylic acids is 1. The monoisotopic (exact) mass is 622 g/mol.